The number of aryl methyl sites for hydroxylation is 1. The van der Waals surface area contributed by atoms with Gasteiger partial charge in [0.2, 0.25) is 0 Å². The number of anilines is 3. The Morgan fingerprint density at radius 3 is 2.76 bits per heavy atom. The van der Waals surface area contributed by atoms with Crippen molar-refractivity contribution in [3.8, 4) is 11.8 Å². The normalized spacial score (nSPS) is 14.8. The van der Waals surface area contributed by atoms with Crippen LogP contribution in [-0.4, -0.2) is 36.9 Å². The molecule has 5 aromatic rings. The molecule has 1 saturated heterocycles. The number of hydrogen-bond acceptors (Lipinski definition) is 5. The highest BCUT2D eigenvalue weighted by Crippen LogP contribution is 2.30. The summed E-state index contributed by atoms with van der Waals surface area (Å²) in [5.74, 6) is 7.13. The lowest BCUT2D eigenvalue weighted by atomic mass is 10.1. The Hall–Kier alpha value is -5.07. The molecule has 0 spiro atoms. The number of carbonyl (C=O) groups excluding carboxylic acids is 1. The number of rotatable bonds is 4. The summed E-state index contributed by atoms with van der Waals surface area (Å²) in [6.07, 6.45) is 6.29. The Balaban J connectivity index is 1.18. The number of urea groups is 1. The lowest BCUT2D eigenvalue weighted by molar-refractivity contribution is -0.0829. The molecule has 6 rings (SSSR count). The van der Waals surface area contributed by atoms with Gasteiger partial charge < -0.3 is 10.6 Å². The van der Waals surface area contributed by atoms with E-state index in [1.807, 2.05) is 96.6 Å². The number of amides is 2. The van der Waals surface area contributed by atoms with Crippen LogP contribution in [-0.2, 0) is 11.9 Å². The Morgan fingerprint density at radius 1 is 1.03 bits per heavy atom. The molecule has 0 saturated carbocycles. The number of hydrogen-bond donors (Lipinski definition) is 2. The van der Waals surface area contributed by atoms with Crippen LogP contribution in [0.3, 0.4) is 0 Å². The van der Waals surface area contributed by atoms with Crippen molar-refractivity contribution < 1.29 is 9.63 Å². The van der Waals surface area contributed by atoms with Gasteiger partial charge in [0.05, 0.1) is 24.5 Å². The maximum Gasteiger partial charge on any atom is 0.346 e. The van der Waals surface area contributed by atoms with E-state index in [1.165, 1.54) is 5.06 Å². The van der Waals surface area contributed by atoms with Crippen LogP contribution in [0.15, 0.2) is 91.4 Å². The molecule has 1 aliphatic rings. The van der Waals surface area contributed by atoms with Gasteiger partial charge in [0.1, 0.15) is 5.69 Å². The SMILES string of the molecule is Cn1ccc(Nc2cccn3c(C#Cc4cccc(NC(=O)N5OCC[C@H]5c5ccccc5)c4)cnc23)n1. The van der Waals surface area contributed by atoms with Gasteiger partial charge in [-0.05, 0) is 41.8 Å². The molecule has 4 heterocycles. The highest BCUT2D eigenvalue weighted by atomic mass is 16.7. The van der Waals surface area contributed by atoms with Gasteiger partial charge >= 0.3 is 6.03 Å². The van der Waals surface area contributed by atoms with Crippen LogP contribution in [0.2, 0.25) is 0 Å². The van der Waals surface area contributed by atoms with E-state index in [-0.39, 0.29) is 12.1 Å². The summed E-state index contributed by atoms with van der Waals surface area (Å²) in [5, 5.41) is 12.0. The van der Waals surface area contributed by atoms with E-state index in [9.17, 15) is 4.79 Å². The first kappa shape index (κ1) is 23.3. The highest BCUT2D eigenvalue weighted by Gasteiger charge is 2.31. The second-order valence-electron chi connectivity index (χ2n) is 8.89. The Kier molecular flexibility index (Phi) is 6.22. The van der Waals surface area contributed by atoms with Gasteiger partial charge in [-0.1, -0.05) is 42.3 Å². The number of fused-ring (bicyclic) bond motifs is 1. The third kappa shape index (κ3) is 4.81. The molecule has 2 aromatic carbocycles. The van der Waals surface area contributed by atoms with Crippen LogP contribution in [0.4, 0.5) is 22.0 Å². The van der Waals surface area contributed by atoms with Crippen molar-refractivity contribution >= 4 is 28.9 Å². The lowest BCUT2D eigenvalue weighted by Gasteiger charge is -2.23. The van der Waals surface area contributed by atoms with Crippen molar-refractivity contribution in [2.75, 3.05) is 17.2 Å². The molecule has 38 heavy (non-hydrogen) atoms. The number of nitrogens with zero attached hydrogens (tertiary/aromatic N) is 5. The summed E-state index contributed by atoms with van der Waals surface area (Å²) in [4.78, 5) is 23.2. The Morgan fingerprint density at radius 2 is 1.92 bits per heavy atom. The minimum atomic E-state index is -0.309. The van der Waals surface area contributed by atoms with Crippen LogP contribution in [0.1, 0.15) is 29.3 Å². The molecule has 3 aromatic heterocycles. The third-order valence-corrected chi connectivity index (χ3v) is 6.25. The first-order chi connectivity index (χ1) is 18.6. The van der Waals surface area contributed by atoms with Crippen molar-refractivity contribution in [3.63, 3.8) is 0 Å². The Bertz CT molecular complexity index is 1660. The van der Waals surface area contributed by atoms with Crippen molar-refractivity contribution in [1.82, 2.24) is 24.2 Å². The molecule has 9 heteroatoms. The fraction of sp³-hybridized carbons (Fsp3) is 0.138. The van der Waals surface area contributed by atoms with Gasteiger partial charge in [-0.15, -0.1) is 0 Å². The average Bonchev–Trinajstić information content (AvgIpc) is 3.69. The predicted octanol–water partition coefficient (Wildman–Crippen LogP) is 5.12. The van der Waals surface area contributed by atoms with E-state index in [0.29, 0.717) is 12.3 Å². The largest absolute Gasteiger partial charge is 0.346 e. The summed E-state index contributed by atoms with van der Waals surface area (Å²) >= 11 is 0. The summed E-state index contributed by atoms with van der Waals surface area (Å²) in [6, 6.07) is 22.7. The zero-order valence-corrected chi connectivity index (χ0v) is 20.7. The smallest absolute Gasteiger partial charge is 0.336 e. The number of carbonyl (C=O) groups is 1. The van der Waals surface area contributed by atoms with E-state index in [1.54, 1.807) is 10.9 Å². The van der Waals surface area contributed by atoms with Crippen molar-refractivity contribution in [1.29, 1.82) is 0 Å². The molecule has 1 aliphatic heterocycles. The number of nitrogens with one attached hydrogen (secondary N) is 2. The summed E-state index contributed by atoms with van der Waals surface area (Å²) < 4.78 is 3.67. The molecule has 0 aliphatic carbocycles. The third-order valence-electron chi connectivity index (χ3n) is 6.25. The van der Waals surface area contributed by atoms with Gasteiger partial charge in [-0.3, -0.25) is 13.9 Å². The monoisotopic (exact) mass is 503 g/mol. The number of benzene rings is 2. The van der Waals surface area contributed by atoms with Crippen LogP contribution in [0.25, 0.3) is 5.65 Å². The molecule has 0 bridgehead atoms. The number of pyridine rings is 1. The molecular formula is C29H25N7O2. The lowest BCUT2D eigenvalue weighted by Crippen LogP contribution is -2.33. The van der Waals surface area contributed by atoms with E-state index >= 15 is 0 Å². The van der Waals surface area contributed by atoms with Crippen molar-refractivity contribution in [2.24, 2.45) is 7.05 Å². The van der Waals surface area contributed by atoms with Gasteiger partial charge in [-0.25, -0.2) is 9.78 Å². The molecule has 9 nitrogen and oxygen atoms in total. The molecular weight excluding hydrogens is 478 g/mol. The predicted molar refractivity (Wildman–Crippen MR) is 145 cm³/mol. The number of hydroxylamine groups is 2. The van der Waals surface area contributed by atoms with Crippen molar-refractivity contribution in [3.05, 3.63) is 108 Å². The van der Waals surface area contributed by atoms with Crippen LogP contribution in [0, 0.1) is 11.8 Å². The number of aromatic nitrogens is 4. The molecule has 2 amide bonds. The maximum atomic E-state index is 13.0. The van der Waals surface area contributed by atoms with E-state index < -0.39 is 0 Å². The average molecular weight is 504 g/mol. The fourth-order valence-corrected chi connectivity index (χ4v) is 4.46. The van der Waals surface area contributed by atoms with Crippen LogP contribution < -0.4 is 10.6 Å². The molecule has 1 fully saturated rings. The number of imidazole rings is 1. The molecule has 0 unspecified atom stereocenters. The van der Waals surface area contributed by atoms with Gasteiger partial charge in [0.15, 0.2) is 11.5 Å². The van der Waals surface area contributed by atoms with Gasteiger partial charge in [0.25, 0.3) is 0 Å². The summed E-state index contributed by atoms with van der Waals surface area (Å²) in [5.41, 5.74) is 4.79. The van der Waals surface area contributed by atoms with E-state index in [2.05, 4.69) is 32.6 Å². The molecule has 0 radical (unpaired) electrons. The van der Waals surface area contributed by atoms with Gasteiger partial charge in [0, 0.05) is 43.2 Å². The standard InChI is InChI=1S/C29H25N7O2/c1-34-17-14-27(33-34)32-25-11-6-16-35-24(20-30-28(25)35)13-12-21-7-5-10-23(19-21)31-29(37)36-26(15-18-38-36)22-8-3-2-4-9-22/h2-11,14,16-17,19-20,26H,15,18H2,1H3,(H,31,37)(H,32,33)/t26-/m0/s1. The van der Waals surface area contributed by atoms with Crippen molar-refractivity contribution in [2.45, 2.75) is 12.5 Å². The topological polar surface area (TPSA) is 88.7 Å². The van der Waals surface area contributed by atoms with Crippen LogP contribution in [0.5, 0.6) is 0 Å². The Labute approximate surface area is 219 Å². The van der Waals surface area contributed by atoms with E-state index in [0.717, 1.165) is 40.4 Å². The quantitative estimate of drug-likeness (QED) is 0.332. The molecule has 1 atom stereocenters. The second-order valence-corrected chi connectivity index (χ2v) is 8.89. The first-order valence-electron chi connectivity index (χ1n) is 12.3. The second kappa shape index (κ2) is 10.1. The van der Waals surface area contributed by atoms with Crippen LogP contribution >= 0.6 is 0 Å². The molecule has 188 valence electrons. The summed E-state index contributed by atoms with van der Waals surface area (Å²) in [7, 11) is 1.87. The minimum Gasteiger partial charge on any atom is -0.336 e. The highest BCUT2D eigenvalue weighted by molar-refractivity contribution is 5.89. The fourth-order valence-electron chi connectivity index (χ4n) is 4.46. The van der Waals surface area contributed by atoms with E-state index in [4.69, 9.17) is 4.84 Å². The van der Waals surface area contributed by atoms with Gasteiger partial charge in [-0.2, -0.15) is 10.2 Å². The summed E-state index contributed by atoms with van der Waals surface area (Å²) in [6.45, 7) is 0.497. The first-order valence-corrected chi connectivity index (χ1v) is 12.3. The maximum absolute atomic E-state index is 13.0. The molecule has 2 N–H and O–H groups in total. The zero-order valence-electron chi connectivity index (χ0n) is 20.7. The minimum absolute atomic E-state index is 0.119. The zero-order chi connectivity index (χ0) is 25.9.